The highest BCUT2D eigenvalue weighted by Crippen LogP contribution is 2.16. The number of rotatable bonds is 6. The molecule has 1 unspecified atom stereocenters. The summed E-state index contributed by atoms with van der Waals surface area (Å²) in [6, 6.07) is -0.433. The van der Waals surface area contributed by atoms with E-state index < -0.39 is 34.2 Å². The second-order valence-corrected chi connectivity index (χ2v) is 5.98. The Balaban J connectivity index is 2.72. The van der Waals surface area contributed by atoms with Gasteiger partial charge in [-0.3, -0.25) is 9.48 Å². The zero-order valence-corrected chi connectivity index (χ0v) is 11.4. The zero-order valence-electron chi connectivity index (χ0n) is 10.5. The van der Waals surface area contributed by atoms with E-state index in [1.165, 1.54) is 0 Å². The van der Waals surface area contributed by atoms with Crippen LogP contribution in [0.15, 0.2) is 6.20 Å². The smallest absolute Gasteiger partial charge is 0.304 e. The van der Waals surface area contributed by atoms with E-state index in [-0.39, 0.29) is 0 Å². The number of aryl methyl sites for hydroxylation is 1. The van der Waals surface area contributed by atoms with Crippen LogP contribution in [0.5, 0.6) is 0 Å². The highest BCUT2D eigenvalue weighted by Gasteiger charge is 2.19. The molecule has 0 amide bonds. The Labute approximate surface area is 106 Å². The predicted molar refractivity (Wildman–Crippen MR) is 65.5 cm³/mol. The van der Waals surface area contributed by atoms with Gasteiger partial charge in [0.1, 0.15) is 0 Å². The van der Waals surface area contributed by atoms with Crippen molar-refractivity contribution in [2.24, 2.45) is 7.05 Å². The molecule has 1 aromatic rings. The lowest BCUT2D eigenvalue weighted by atomic mass is 10.1. The molecule has 0 bridgehead atoms. The van der Waals surface area contributed by atoms with E-state index in [4.69, 9.17) is 5.11 Å². The van der Waals surface area contributed by atoms with Crippen molar-refractivity contribution in [2.45, 2.75) is 26.3 Å². The SMILES string of the molecule is Cc1c(C(C)NS(=O)(=O)CCC(=O)O)cnn1C. The van der Waals surface area contributed by atoms with Gasteiger partial charge in [0.2, 0.25) is 10.0 Å². The van der Waals surface area contributed by atoms with Crippen LogP contribution in [-0.2, 0) is 21.9 Å². The van der Waals surface area contributed by atoms with E-state index in [0.29, 0.717) is 0 Å². The summed E-state index contributed by atoms with van der Waals surface area (Å²) in [6.45, 7) is 3.53. The summed E-state index contributed by atoms with van der Waals surface area (Å²) in [6.07, 6.45) is 1.19. The molecule has 1 atom stereocenters. The number of aliphatic carboxylic acids is 1. The average Bonchev–Trinajstić information content (AvgIpc) is 2.56. The lowest BCUT2D eigenvalue weighted by Crippen LogP contribution is -2.30. The molecule has 1 heterocycles. The molecule has 2 N–H and O–H groups in total. The van der Waals surface area contributed by atoms with E-state index in [0.717, 1.165) is 11.3 Å². The van der Waals surface area contributed by atoms with Crippen LogP contribution in [0, 0.1) is 6.92 Å². The van der Waals surface area contributed by atoms with Crippen molar-refractivity contribution in [3.63, 3.8) is 0 Å². The molecule has 0 saturated carbocycles. The molecule has 0 aromatic carbocycles. The first-order valence-electron chi connectivity index (χ1n) is 5.43. The molecule has 0 radical (unpaired) electrons. The van der Waals surface area contributed by atoms with Crippen LogP contribution in [0.1, 0.15) is 30.6 Å². The molecule has 0 aliphatic carbocycles. The molecule has 1 aromatic heterocycles. The van der Waals surface area contributed by atoms with Gasteiger partial charge in [-0.1, -0.05) is 0 Å². The molecule has 0 aliphatic rings. The minimum atomic E-state index is -3.60. The van der Waals surface area contributed by atoms with Gasteiger partial charge in [-0.2, -0.15) is 5.10 Å². The number of nitrogens with one attached hydrogen (secondary N) is 1. The molecule has 1 rings (SSSR count). The summed E-state index contributed by atoms with van der Waals surface area (Å²) < 4.78 is 27.4. The van der Waals surface area contributed by atoms with Crippen LogP contribution in [0.4, 0.5) is 0 Å². The molecule has 0 fully saturated rings. The molecule has 102 valence electrons. The Morgan fingerprint density at radius 2 is 2.22 bits per heavy atom. The topological polar surface area (TPSA) is 101 Å². The average molecular weight is 275 g/mol. The van der Waals surface area contributed by atoms with Crippen LogP contribution in [0.2, 0.25) is 0 Å². The third-order valence-corrected chi connectivity index (χ3v) is 4.13. The number of hydrogen-bond donors (Lipinski definition) is 2. The lowest BCUT2D eigenvalue weighted by molar-refractivity contribution is -0.136. The number of carboxylic acids is 1. The van der Waals surface area contributed by atoms with E-state index in [1.807, 2.05) is 6.92 Å². The highest BCUT2D eigenvalue weighted by molar-refractivity contribution is 7.89. The fourth-order valence-corrected chi connectivity index (χ4v) is 2.78. The van der Waals surface area contributed by atoms with Gasteiger partial charge in [0, 0.05) is 24.3 Å². The minimum absolute atomic E-state index is 0.409. The van der Waals surface area contributed by atoms with Gasteiger partial charge in [0.25, 0.3) is 0 Å². The molecule has 8 heteroatoms. The third-order valence-electron chi connectivity index (χ3n) is 2.68. The number of carboxylic acid groups (broad SMARTS) is 1. The van der Waals surface area contributed by atoms with Crippen molar-refractivity contribution < 1.29 is 18.3 Å². The van der Waals surface area contributed by atoms with Crippen molar-refractivity contribution in [3.05, 3.63) is 17.5 Å². The molecule has 7 nitrogen and oxygen atoms in total. The van der Waals surface area contributed by atoms with E-state index in [2.05, 4.69) is 9.82 Å². The maximum absolute atomic E-state index is 11.6. The summed E-state index contributed by atoms with van der Waals surface area (Å²) in [7, 11) is -1.83. The van der Waals surface area contributed by atoms with Gasteiger partial charge in [-0.05, 0) is 13.8 Å². The molecule has 18 heavy (non-hydrogen) atoms. The Kier molecular flexibility index (Phi) is 4.47. The largest absolute Gasteiger partial charge is 0.481 e. The van der Waals surface area contributed by atoms with Gasteiger partial charge in [0.15, 0.2) is 0 Å². The van der Waals surface area contributed by atoms with Gasteiger partial charge in [-0.25, -0.2) is 13.1 Å². The summed E-state index contributed by atoms with van der Waals surface area (Å²) in [5, 5.41) is 12.5. The van der Waals surface area contributed by atoms with Crippen molar-refractivity contribution >= 4 is 16.0 Å². The minimum Gasteiger partial charge on any atom is -0.481 e. The van der Waals surface area contributed by atoms with E-state index >= 15 is 0 Å². The lowest BCUT2D eigenvalue weighted by Gasteiger charge is -2.13. The van der Waals surface area contributed by atoms with E-state index in [1.54, 1.807) is 24.9 Å². The van der Waals surface area contributed by atoms with E-state index in [9.17, 15) is 13.2 Å². The standard InChI is InChI=1S/C10H17N3O4S/c1-7(9-6-11-13(3)8(9)2)12-18(16,17)5-4-10(14)15/h6-7,12H,4-5H2,1-3H3,(H,14,15). The third kappa shape index (κ3) is 3.81. The summed E-state index contributed by atoms with van der Waals surface area (Å²) in [4.78, 5) is 10.4. The van der Waals surface area contributed by atoms with Crippen LogP contribution < -0.4 is 4.72 Å². The highest BCUT2D eigenvalue weighted by atomic mass is 32.2. The van der Waals surface area contributed by atoms with Gasteiger partial charge in [-0.15, -0.1) is 0 Å². The number of nitrogens with zero attached hydrogens (tertiary/aromatic N) is 2. The monoisotopic (exact) mass is 275 g/mol. The van der Waals surface area contributed by atoms with Crippen molar-refractivity contribution in [1.82, 2.24) is 14.5 Å². The fourth-order valence-electron chi connectivity index (χ4n) is 1.55. The van der Waals surface area contributed by atoms with Crippen LogP contribution >= 0.6 is 0 Å². The van der Waals surface area contributed by atoms with Gasteiger partial charge in [0.05, 0.1) is 18.4 Å². The Morgan fingerprint density at radius 3 is 2.67 bits per heavy atom. The Bertz CT molecular complexity index is 535. The number of sulfonamides is 1. The second kappa shape index (κ2) is 5.49. The number of hydrogen-bond acceptors (Lipinski definition) is 4. The molecule has 0 aliphatic heterocycles. The molecule has 0 saturated heterocycles. The Morgan fingerprint density at radius 1 is 1.61 bits per heavy atom. The van der Waals surface area contributed by atoms with Crippen molar-refractivity contribution in [1.29, 1.82) is 0 Å². The van der Waals surface area contributed by atoms with Crippen LogP contribution in [-0.4, -0.2) is 35.0 Å². The van der Waals surface area contributed by atoms with Crippen LogP contribution in [0.25, 0.3) is 0 Å². The first-order valence-corrected chi connectivity index (χ1v) is 7.08. The fraction of sp³-hybridized carbons (Fsp3) is 0.600. The number of carbonyl (C=O) groups is 1. The molecular weight excluding hydrogens is 258 g/mol. The molecule has 0 spiro atoms. The number of aromatic nitrogens is 2. The predicted octanol–water partition coefficient (Wildman–Crippen LogP) is 0.184. The summed E-state index contributed by atoms with van der Waals surface area (Å²) in [5.41, 5.74) is 1.64. The first kappa shape index (κ1) is 14.7. The maximum Gasteiger partial charge on any atom is 0.304 e. The van der Waals surface area contributed by atoms with Crippen LogP contribution in [0.3, 0.4) is 0 Å². The molecular formula is C10H17N3O4S. The van der Waals surface area contributed by atoms with Crippen molar-refractivity contribution in [3.8, 4) is 0 Å². The second-order valence-electron chi connectivity index (χ2n) is 4.11. The maximum atomic E-state index is 11.6. The quantitative estimate of drug-likeness (QED) is 0.771. The van der Waals surface area contributed by atoms with Crippen molar-refractivity contribution in [2.75, 3.05) is 5.75 Å². The summed E-state index contributed by atoms with van der Waals surface area (Å²) in [5.74, 6) is -1.56. The van der Waals surface area contributed by atoms with Gasteiger partial charge < -0.3 is 5.11 Å². The Hall–Kier alpha value is -1.41. The first-order chi connectivity index (χ1) is 8.23. The normalized spacial score (nSPS) is 13.5. The summed E-state index contributed by atoms with van der Waals surface area (Å²) >= 11 is 0. The zero-order chi connectivity index (χ0) is 13.9. The van der Waals surface area contributed by atoms with Gasteiger partial charge >= 0.3 is 5.97 Å².